The summed E-state index contributed by atoms with van der Waals surface area (Å²) in [6.07, 6.45) is 0. The molecule has 0 amide bonds. The van der Waals surface area contributed by atoms with Crippen LogP contribution in [0.3, 0.4) is 0 Å². The SMILES string of the molecule is O=S(=O)(c1ccc(Br)cc1)N(CCN1CCOCC1)Cc1ccc2c(c1)OCO2. The maximum Gasteiger partial charge on any atom is 0.243 e. The van der Waals surface area contributed by atoms with Gasteiger partial charge in [-0.05, 0) is 42.0 Å². The molecule has 0 unspecified atom stereocenters. The monoisotopic (exact) mass is 482 g/mol. The van der Waals surface area contributed by atoms with Crippen LogP contribution >= 0.6 is 15.9 Å². The van der Waals surface area contributed by atoms with Crippen LogP contribution in [-0.2, 0) is 21.3 Å². The highest BCUT2D eigenvalue weighted by Crippen LogP contribution is 2.33. The number of sulfonamides is 1. The first kappa shape index (κ1) is 20.6. The van der Waals surface area contributed by atoms with Gasteiger partial charge in [-0.15, -0.1) is 0 Å². The lowest BCUT2D eigenvalue weighted by molar-refractivity contribution is 0.0361. The van der Waals surface area contributed by atoms with E-state index in [1.165, 1.54) is 4.31 Å². The summed E-state index contributed by atoms with van der Waals surface area (Å²) in [7, 11) is -3.65. The number of rotatable bonds is 7. The lowest BCUT2D eigenvalue weighted by Gasteiger charge is -2.29. The summed E-state index contributed by atoms with van der Waals surface area (Å²) < 4.78 is 45.3. The van der Waals surface area contributed by atoms with Crippen LogP contribution in [0.4, 0.5) is 0 Å². The standard InChI is InChI=1S/C20H23BrN2O5S/c21-17-2-4-18(5-3-17)29(24,25)23(8-7-22-9-11-26-12-10-22)14-16-1-6-19-20(13-16)28-15-27-19/h1-6,13H,7-12,14-15H2. The van der Waals surface area contributed by atoms with Crippen molar-refractivity contribution in [3.05, 3.63) is 52.5 Å². The van der Waals surface area contributed by atoms with Crippen molar-refractivity contribution in [1.29, 1.82) is 0 Å². The second-order valence-electron chi connectivity index (χ2n) is 6.93. The van der Waals surface area contributed by atoms with E-state index in [0.717, 1.165) is 23.1 Å². The molecule has 2 aromatic carbocycles. The maximum absolute atomic E-state index is 13.4. The van der Waals surface area contributed by atoms with Gasteiger partial charge >= 0.3 is 0 Å². The molecule has 0 saturated carbocycles. The third kappa shape index (κ3) is 4.92. The topological polar surface area (TPSA) is 68.3 Å². The van der Waals surface area contributed by atoms with Gasteiger partial charge in [-0.2, -0.15) is 4.31 Å². The number of halogens is 1. The number of hydrogen-bond donors (Lipinski definition) is 0. The Bertz CT molecular complexity index is 946. The molecule has 4 rings (SSSR count). The lowest BCUT2D eigenvalue weighted by atomic mass is 10.2. The van der Waals surface area contributed by atoms with Crippen LogP contribution < -0.4 is 9.47 Å². The minimum absolute atomic E-state index is 0.191. The molecule has 2 aromatic rings. The molecule has 29 heavy (non-hydrogen) atoms. The minimum atomic E-state index is -3.65. The van der Waals surface area contributed by atoms with Gasteiger partial charge in [0.05, 0.1) is 18.1 Å². The van der Waals surface area contributed by atoms with E-state index < -0.39 is 10.0 Å². The van der Waals surface area contributed by atoms with E-state index in [4.69, 9.17) is 14.2 Å². The summed E-state index contributed by atoms with van der Waals surface area (Å²) in [5.41, 5.74) is 0.858. The van der Waals surface area contributed by atoms with Gasteiger partial charge in [-0.25, -0.2) is 8.42 Å². The Kier molecular flexibility index (Phi) is 6.41. The quantitative estimate of drug-likeness (QED) is 0.604. The van der Waals surface area contributed by atoms with Crippen LogP contribution in [0.15, 0.2) is 51.8 Å². The zero-order valence-corrected chi connectivity index (χ0v) is 18.3. The van der Waals surface area contributed by atoms with Gasteiger partial charge < -0.3 is 14.2 Å². The third-order valence-electron chi connectivity index (χ3n) is 5.02. The summed E-state index contributed by atoms with van der Waals surface area (Å²) in [5.74, 6) is 1.33. The maximum atomic E-state index is 13.4. The van der Waals surface area contributed by atoms with Gasteiger partial charge in [-0.3, -0.25) is 4.90 Å². The van der Waals surface area contributed by atoms with Crippen molar-refractivity contribution < 1.29 is 22.6 Å². The van der Waals surface area contributed by atoms with Crippen molar-refractivity contribution >= 4 is 26.0 Å². The number of nitrogens with zero attached hydrogens (tertiary/aromatic N) is 2. The van der Waals surface area contributed by atoms with Crippen LogP contribution in [0.25, 0.3) is 0 Å². The molecule has 1 fully saturated rings. The molecule has 2 heterocycles. The van der Waals surface area contributed by atoms with Gasteiger partial charge in [0.15, 0.2) is 11.5 Å². The first-order valence-corrected chi connectivity index (χ1v) is 11.7. The van der Waals surface area contributed by atoms with Crippen LogP contribution in [0.1, 0.15) is 5.56 Å². The van der Waals surface area contributed by atoms with E-state index in [1.807, 2.05) is 18.2 Å². The molecule has 7 nitrogen and oxygen atoms in total. The third-order valence-corrected chi connectivity index (χ3v) is 7.40. The van der Waals surface area contributed by atoms with Gasteiger partial charge in [0.25, 0.3) is 0 Å². The predicted molar refractivity (Wildman–Crippen MR) is 112 cm³/mol. The highest BCUT2D eigenvalue weighted by molar-refractivity contribution is 9.10. The molecule has 0 radical (unpaired) electrons. The normalized spacial score (nSPS) is 17.0. The molecular formula is C20H23BrN2O5S. The van der Waals surface area contributed by atoms with E-state index in [2.05, 4.69) is 20.8 Å². The van der Waals surface area contributed by atoms with E-state index >= 15 is 0 Å². The molecule has 0 aromatic heterocycles. The van der Waals surface area contributed by atoms with Gasteiger partial charge in [0.2, 0.25) is 16.8 Å². The fourth-order valence-corrected chi connectivity index (χ4v) is 5.04. The Balaban J connectivity index is 1.56. The first-order valence-electron chi connectivity index (χ1n) is 9.47. The van der Waals surface area contributed by atoms with Crippen molar-refractivity contribution in [3.63, 3.8) is 0 Å². The Labute approximate surface area is 179 Å². The van der Waals surface area contributed by atoms with Crippen molar-refractivity contribution in [3.8, 4) is 11.5 Å². The molecule has 1 saturated heterocycles. The molecule has 2 aliphatic heterocycles. The fourth-order valence-electron chi connectivity index (χ4n) is 3.36. The number of fused-ring (bicyclic) bond motifs is 1. The Morgan fingerprint density at radius 3 is 2.48 bits per heavy atom. The zero-order chi connectivity index (χ0) is 20.3. The summed E-state index contributed by atoms with van der Waals surface area (Å²) in [5, 5.41) is 0. The predicted octanol–water partition coefficient (Wildman–Crippen LogP) is 2.70. The molecule has 2 aliphatic rings. The number of benzene rings is 2. The molecule has 0 aliphatic carbocycles. The Morgan fingerprint density at radius 2 is 1.72 bits per heavy atom. The van der Waals surface area contributed by atoms with E-state index in [1.54, 1.807) is 24.3 Å². The minimum Gasteiger partial charge on any atom is -0.454 e. The average Bonchev–Trinajstić information content (AvgIpc) is 3.20. The molecule has 0 bridgehead atoms. The summed E-state index contributed by atoms with van der Waals surface area (Å²) in [6.45, 7) is 4.50. The second kappa shape index (κ2) is 9.01. The van der Waals surface area contributed by atoms with Gasteiger partial charge in [0.1, 0.15) is 0 Å². The highest BCUT2D eigenvalue weighted by atomic mass is 79.9. The molecule has 0 N–H and O–H groups in total. The Hall–Kier alpha value is -1.65. The average molecular weight is 483 g/mol. The number of ether oxygens (including phenoxy) is 3. The van der Waals surface area contributed by atoms with E-state index in [-0.39, 0.29) is 18.2 Å². The number of hydrogen-bond acceptors (Lipinski definition) is 6. The lowest BCUT2D eigenvalue weighted by Crippen LogP contribution is -2.42. The Morgan fingerprint density at radius 1 is 1.00 bits per heavy atom. The van der Waals surface area contributed by atoms with Crippen LogP contribution in [0, 0.1) is 0 Å². The summed E-state index contributed by atoms with van der Waals surface area (Å²) >= 11 is 3.36. The smallest absolute Gasteiger partial charge is 0.243 e. The second-order valence-corrected chi connectivity index (χ2v) is 9.79. The largest absolute Gasteiger partial charge is 0.454 e. The van der Waals surface area contributed by atoms with Crippen molar-refractivity contribution in [2.45, 2.75) is 11.4 Å². The fraction of sp³-hybridized carbons (Fsp3) is 0.400. The molecule has 0 spiro atoms. The summed E-state index contributed by atoms with van der Waals surface area (Å²) in [4.78, 5) is 2.51. The van der Waals surface area contributed by atoms with Crippen molar-refractivity contribution in [1.82, 2.24) is 9.21 Å². The van der Waals surface area contributed by atoms with Crippen LogP contribution in [0.5, 0.6) is 11.5 Å². The molecule has 0 atom stereocenters. The molecular weight excluding hydrogens is 460 g/mol. The van der Waals surface area contributed by atoms with Crippen LogP contribution in [-0.4, -0.2) is 63.8 Å². The highest BCUT2D eigenvalue weighted by Gasteiger charge is 2.26. The van der Waals surface area contributed by atoms with Gasteiger partial charge in [-0.1, -0.05) is 22.0 Å². The molecule has 156 valence electrons. The van der Waals surface area contributed by atoms with E-state index in [0.29, 0.717) is 37.8 Å². The van der Waals surface area contributed by atoms with Crippen molar-refractivity contribution in [2.75, 3.05) is 46.2 Å². The molecule has 9 heteroatoms. The van der Waals surface area contributed by atoms with Crippen molar-refractivity contribution in [2.24, 2.45) is 0 Å². The van der Waals surface area contributed by atoms with Gasteiger partial charge in [0, 0.05) is 37.2 Å². The summed E-state index contributed by atoms with van der Waals surface area (Å²) in [6, 6.07) is 12.3. The van der Waals surface area contributed by atoms with E-state index in [9.17, 15) is 8.42 Å². The first-order chi connectivity index (χ1) is 14.0. The number of morpholine rings is 1. The zero-order valence-electron chi connectivity index (χ0n) is 15.9. The van der Waals surface area contributed by atoms with Crippen LogP contribution in [0.2, 0.25) is 0 Å².